The molecule has 0 saturated heterocycles. The maximum Gasteiger partial charge on any atom is 0.147 e. The summed E-state index contributed by atoms with van der Waals surface area (Å²) in [7, 11) is 0. The SMILES string of the molecule is c1ccc(-n2c3ccccc3c3ccc4c5ccccc5n(-c5cccc(-n6c(-c7cccc8c7sc7ccccc78)nc7c8ccccc8c8ccccc8c76)c5)c4c32)cc1. The fraction of sp³-hybridized carbons (Fsp3) is 0. The smallest absolute Gasteiger partial charge is 0.147 e. The van der Waals surface area contributed by atoms with Gasteiger partial charge >= 0.3 is 0 Å². The standard InChI is InChI=1S/C57H34N4S/c1-2-16-35(17-3-1)59-49-29-11-8-22-40(49)45-32-33-46-41-23-9-12-30-50(41)60(55(46)54(45)59)36-18-14-19-37(34-36)61-53-44-26-7-5-21-39(44)38-20-4-6-25-43(38)52(53)58-57(61)48-28-15-27-47-42-24-10-13-31-51(42)62-56(47)48/h1-34H. The highest BCUT2D eigenvalue weighted by Crippen LogP contribution is 2.45. The van der Waals surface area contributed by atoms with Gasteiger partial charge in [-0.2, -0.15) is 0 Å². The van der Waals surface area contributed by atoms with Crippen LogP contribution in [0, 0.1) is 0 Å². The van der Waals surface area contributed by atoms with Crippen LogP contribution in [-0.2, 0) is 0 Å². The Hall–Kier alpha value is -7.99. The normalized spacial score (nSPS) is 12.2. The summed E-state index contributed by atoms with van der Waals surface area (Å²) < 4.78 is 9.91. The van der Waals surface area contributed by atoms with Gasteiger partial charge in [0.25, 0.3) is 0 Å². The zero-order chi connectivity index (χ0) is 40.5. The molecule has 0 aliphatic heterocycles. The first-order valence-corrected chi connectivity index (χ1v) is 22.0. The van der Waals surface area contributed by atoms with Gasteiger partial charge in [-0.25, -0.2) is 4.98 Å². The molecule has 288 valence electrons. The van der Waals surface area contributed by atoms with Gasteiger partial charge in [-0.1, -0.05) is 152 Å². The van der Waals surface area contributed by atoms with Gasteiger partial charge in [0.2, 0.25) is 0 Å². The van der Waals surface area contributed by atoms with E-state index in [2.05, 4.69) is 220 Å². The van der Waals surface area contributed by atoms with Crippen LogP contribution < -0.4 is 0 Å². The number of para-hydroxylation sites is 3. The summed E-state index contributed by atoms with van der Waals surface area (Å²) in [6.45, 7) is 0. The van der Waals surface area contributed by atoms with Crippen LogP contribution in [0.15, 0.2) is 206 Å². The third kappa shape index (κ3) is 4.57. The molecule has 5 heteroatoms. The first-order valence-electron chi connectivity index (χ1n) is 21.1. The Morgan fingerprint density at radius 3 is 1.52 bits per heavy atom. The van der Waals surface area contributed by atoms with Crippen molar-refractivity contribution in [2.75, 3.05) is 0 Å². The van der Waals surface area contributed by atoms with Gasteiger partial charge in [-0.05, 0) is 65.4 Å². The van der Waals surface area contributed by atoms with Crippen LogP contribution in [-0.4, -0.2) is 18.7 Å². The number of benzene rings is 10. The van der Waals surface area contributed by atoms with E-state index < -0.39 is 0 Å². The molecule has 0 radical (unpaired) electrons. The van der Waals surface area contributed by atoms with Gasteiger partial charge in [0.1, 0.15) is 5.82 Å². The summed E-state index contributed by atoms with van der Waals surface area (Å²) in [5.74, 6) is 0.935. The van der Waals surface area contributed by atoms with Crippen molar-refractivity contribution in [1.82, 2.24) is 18.7 Å². The molecule has 0 fully saturated rings. The molecule has 0 saturated carbocycles. The second-order valence-corrected chi connectivity index (χ2v) is 17.3. The van der Waals surface area contributed by atoms with E-state index in [1.807, 2.05) is 11.3 Å². The predicted octanol–water partition coefficient (Wildman–Crippen LogP) is 15.6. The minimum Gasteiger partial charge on any atom is -0.307 e. The summed E-state index contributed by atoms with van der Waals surface area (Å²) in [5, 5.41) is 12.2. The highest BCUT2D eigenvalue weighted by atomic mass is 32.1. The lowest BCUT2D eigenvalue weighted by Crippen LogP contribution is -2.02. The van der Waals surface area contributed by atoms with Crippen LogP contribution >= 0.6 is 11.3 Å². The van der Waals surface area contributed by atoms with Crippen molar-refractivity contribution >= 4 is 108 Å². The molecule has 4 heterocycles. The van der Waals surface area contributed by atoms with E-state index in [1.54, 1.807) is 0 Å². The molecule has 0 aliphatic carbocycles. The van der Waals surface area contributed by atoms with Gasteiger partial charge in [-0.15, -0.1) is 11.3 Å². The van der Waals surface area contributed by atoms with Gasteiger partial charge in [-0.3, -0.25) is 4.57 Å². The number of aromatic nitrogens is 4. The van der Waals surface area contributed by atoms with E-state index in [1.165, 1.54) is 79.9 Å². The van der Waals surface area contributed by atoms with E-state index in [-0.39, 0.29) is 0 Å². The van der Waals surface area contributed by atoms with Crippen molar-refractivity contribution in [3.05, 3.63) is 206 Å². The van der Waals surface area contributed by atoms with E-state index in [0.29, 0.717) is 0 Å². The van der Waals surface area contributed by atoms with Gasteiger partial charge in [0.05, 0.1) is 33.1 Å². The number of imidazole rings is 1. The van der Waals surface area contributed by atoms with Crippen molar-refractivity contribution in [2.45, 2.75) is 0 Å². The fourth-order valence-corrected chi connectivity index (χ4v) is 11.7. The van der Waals surface area contributed by atoms with E-state index in [9.17, 15) is 0 Å². The topological polar surface area (TPSA) is 27.7 Å². The average Bonchev–Trinajstić information content (AvgIpc) is 4.10. The lowest BCUT2D eigenvalue weighted by molar-refractivity contribution is 1.09. The quantitative estimate of drug-likeness (QED) is 0.163. The molecular weight excluding hydrogens is 773 g/mol. The van der Waals surface area contributed by atoms with Crippen molar-refractivity contribution in [2.24, 2.45) is 0 Å². The van der Waals surface area contributed by atoms with E-state index in [0.717, 1.165) is 44.9 Å². The van der Waals surface area contributed by atoms with Crippen LogP contribution in [0.1, 0.15) is 0 Å². The molecule has 4 nitrogen and oxygen atoms in total. The number of nitrogens with zero attached hydrogens (tertiary/aromatic N) is 4. The van der Waals surface area contributed by atoms with Crippen molar-refractivity contribution in [3.63, 3.8) is 0 Å². The molecule has 4 aromatic heterocycles. The third-order valence-electron chi connectivity index (χ3n) is 13.0. The zero-order valence-corrected chi connectivity index (χ0v) is 34.1. The van der Waals surface area contributed by atoms with E-state index >= 15 is 0 Å². The Bertz CT molecular complexity index is 4160. The molecule has 10 aromatic carbocycles. The Balaban J connectivity index is 1.13. The molecule has 0 bridgehead atoms. The van der Waals surface area contributed by atoms with Crippen LogP contribution in [0.5, 0.6) is 0 Å². The summed E-state index contributed by atoms with van der Waals surface area (Å²) >= 11 is 1.85. The Morgan fingerprint density at radius 2 is 0.806 bits per heavy atom. The van der Waals surface area contributed by atoms with Gasteiger partial charge < -0.3 is 9.13 Å². The van der Waals surface area contributed by atoms with Crippen LogP contribution in [0.2, 0.25) is 0 Å². The second-order valence-electron chi connectivity index (χ2n) is 16.3. The molecule has 0 atom stereocenters. The second kappa shape index (κ2) is 12.8. The highest BCUT2D eigenvalue weighted by Gasteiger charge is 2.25. The van der Waals surface area contributed by atoms with Crippen LogP contribution in [0.4, 0.5) is 0 Å². The summed E-state index contributed by atoms with van der Waals surface area (Å²) in [4.78, 5) is 5.72. The predicted molar refractivity (Wildman–Crippen MR) is 263 cm³/mol. The van der Waals surface area contributed by atoms with E-state index in [4.69, 9.17) is 4.98 Å². The lowest BCUT2D eigenvalue weighted by Gasteiger charge is -2.16. The largest absolute Gasteiger partial charge is 0.307 e. The maximum atomic E-state index is 5.72. The first kappa shape index (κ1) is 33.8. The number of hydrogen-bond donors (Lipinski definition) is 0. The molecule has 62 heavy (non-hydrogen) atoms. The molecule has 0 amide bonds. The summed E-state index contributed by atoms with van der Waals surface area (Å²) in [6.07, 6.45) is 0. The molecule has 0 unspecified atom stereocenters. The number of rotatable bonds is 4. The summed E-state index contributed by atoms with van der Waals surface area (Å²) in [5.41, 5.74) is 11.3. The fourth-order valence-electron chi connectivity index (χ4n) is 10.4. The Labute approximate surface area is 359 Å². The maximum absolute atomic E-state index is 5.72. The molecule has 14 rings (SSSR count). The minimum absolute atomic E-state index is 0.935. The van der Waals surface area contributed by atoms with Gasteiger partial charge in [0, 0.05) is 75.1 Å². The highest BCUT2D eigenvalue weighted by molar-refractivity contribution is 7.26. The van der Waals surface area contributed by atoms with Crippen LogP contribution in [0.25, 0.3) is 125 Å². The number of thiophene rings is 1. The van der Waals surface area contributed by atoms with Crippen molar-refractivity contribution in [1.29, 1.82) is 0 Å². The van der Waals surface area contributed by atoms with Crippen molar-refractivity contribution in [3.8, 4) is 28.5 Å². The minimum atomic E-state index is 0.935. The first-order chi connectivity index (χ1) is 30.8. The zero-order valence-electron chi connectivity index (χ0n) is 33.3. The molecule has 0 spiro atoms. The third-order valence-corrected chi connectivity index (χ3v) is 14.2. The molecule has 0 aliphatic rings. The molecular formula is C57H34N4S. The molecule has 14 aromatic rings. The summed E-state index contributed by atoms with van der Waals surface area (Å²) in [6, 6.07) is 75.3. The lowest BCUT2D eigenvalue weighted by atomic mass is 10.00. The number of hydrogen-bond acceptors (Lipinski definition) is 2. The Morgan fingerprint density at radius 1 is 0.323 bits per heavy atom. The monoisotopic (exact) mass is 806 g/mol. The number of fused-ring (bicyclic) bond motifs is 16. The Kier molecular flexibility index (Phi) is 6.96. The van der Waals surface area contributed by atoms with Crippen molar-refractivity contribution < 1.29 is 0 Å². The van der Waals surface area contributed by atoms with Gasteiger partial charge in [0.15, 0.2) is 0 Å². The average molecular weight is 807 g/mol. The molecule has 0 N–H and O–H groups in total. The van der Waals surface area contributed by atoms with Crippen LogP contribution in [0.3, 0.4) is 0 Å².